The number of aryl methyl sites for hydroxylation is 1. The van der Waals surface area contributed by atoms with Gasteiger partial charge in [-0.2, -0.15) is 17.6 Å². The van der Waals surface area contributed by atoms with Crippen molar-refractivity contribution in [2.24, 2.45) is 0 Å². The zero-order valence-electron chi connectivity index (χ0n) is 10.1. The summed E-state index contributed by atoms with van der Waals surface area (Å²) in [6, 6.07) is 6.81. The van der Waals surface area contributed by atoms with Crippen LogP contribution in [0.2, 0.25) is 0 Å². The molecule has 4 nitrogen and oxygen atoms in total. The molecule has 0 saturated heterocycles. The lowest BCUT2D eigenvalue weighted by Gasteiger charge is -2.04. The van der Waals surface area contributed by atoms with Crippen LogP contribution in [0.1, 0.15) is 29.9 Å². The molecule has 1 saturated carbocycles. The van der Waals surface area contributed by atoms with Crippen molar-refractivity contribution in [2.75, 3.05) is 0 Å². The first-order valence-corrected chi connectivity index (χ1v) is 7.38. The predicted molar refractivity (Wildman–Crippen MR) is 68.0 cm³/mol. The Morgan fingerprint density at radius 2 is 1.89 bits per heavy atom. The maximum absolute atomic E-state index is 12.3. The third-order valence-electron chi connectivity index (χ3n) is 3.19. The van der Waals surface area contributed by atoms with Crippen LogP contribution in [0.4, 0.5) is 0 Å². The summed E-state index contributed by atoms with van der Waals surface area (Å²) in [5.41, 5.74) is 2.05. The molecule has 0 amide bonds. The number of rotatable bonds is 3. The summed E-state index contributed by atoms with van der Waals surface area (Å²) in [5.74, 6) is 0.506. The Balaban J connectivity index is 1.99. The molecule has 3 rings (SSSR count). The van der Waals surface area contributed by atoms with Gasteiger partial charge in [0.15, 0.2) is 0 Å². The highest BCUT2D eigenvalue weighted by molar-refractivity contribution is 7.89. The number of hydrogen-bond donors (Lipinski definition) is 0. The first-order chi connectivity index (χ1) is 8.57. The molecular weight excluding hydrogens is 248 g/mol. The third kappa shape index (κ3) is 1.95. The summed E-state index contributed by atoms with van der Waals surface area (Å²) >= 11 is 0. The summed E-state index contributed by atoms with van der Waals surface area (Å²) < 4.78 is 25.7. The van der Waals surface area contributed by atoms with Gasteiger partial charge in [0.1, 0.15) is 0 Å². The zero-order valence-corrected chi connectivity index (χ0v) is 10.9. The van der Waals surface area contributed by atoms with E-state index in [0.717, 1.165) is 28.1 Å². The van der Waals surface area contributed by atoms with Gasteiger partial charge in [0.25, 0.3) is 10.0 Å². The Kier molecular flexibility index (Phi) is 2.52. The first-order valence-electron chi connectivity index (χ1n) is 5.94. The van der Waals surface area contributed by atoms with E-state index in [4.69, 9.17) is 0 Å². The molecule has 0 atom stereocenters. The molecular formula is C13H14N2O2S. The van der Waals surface area contributed by atoms with Gasteiger partial charge in [-0.15, -0.1) is 0 Å². The fraction of sp³-hybridized carbons (Fsp3) is 0.308. The lowest BCUT2D eigenvalue weighted by Crippen LogP contribution is -2.13. The molecule has 18 heavy (non-hydrogen) atoms. The molecule has 0 aliphatic heterocycles. The molecule has 0 N–H and O–H groups in total. The number of aromatic nitrogens is 2. The average molecular weight is 262 g/mol. The monoisotopic (exact) mass is 262 g/mol. The molecule has 0 radical (unpaired) electrons. The molecule has 2 aromatic rings. The van der Waals surface area contributed by atoms with Crippen LogP contribution in [0.5, 0.6) is 0 Å². The molecule has 0 spiro atoms. The van der Waals surface area contributed by atoms with Gasteiger partial charge in [-0.1, -0.05) is 17.7 Å². The fourth-order valence-corrected chi connectivity index (χ4v) is 3.02. The first kappa shape index (κ1) is 11.5. The van der Waals surface area contributed by atoms with Gasteiger partial charge in [0.2, 0.25) is 0 Å². The second-order valence-electron chi connectivity index (χ2n) is 4.74. The third-order valence-corrected chi connectivity index (χ3v) is 4.75. The maximum atomic E-state index is 12.3. The number of benzene rings is 1. The van der Waals surface area contributed by atoms with Crippen molar-refractivity contribution in [3.8, 4) is 0 Å². The van der Waals surface area contributed by atoms with Gasteiger partial charge >= 0.3 is 0 Å². The minimum Gasteiger partial charge on any atom is -0.199 e. The van der Waals surface area contributed by atoms with E-state index in [2.05, 4.69) is 5.10 Å². The predicted octanol–water partition coefficient (Wildman–Crippen LogP) is 2.31. The van der Waals surface area contributed by atoms with E-state index in [-0.39, 0.29) is 4.90 Å². The van der Waals surface area contributed by atoms with Crippen molar-refractivity contribution in [3.63, 3.8) is 0 Å². The minimum absolute atomic E-state index is 0.276. The van der Waals surface area contributed by atoms with Crippen molar-refractivity contribution in [2.45, 2.75) is 30.6 Å². The van der Waals surface area contributed by atoms with Gasteiger partial charge in [-0.05, 0) is 43.4 Å². The molecule has 1 aliphatic carbocycles. The summed E-state index contributed by atoms with van der Waals surface area (Å²) in [6.45, 7) is 1.93. The van der Waals surface area contributed by atoms with Crippen LogP contribution in [-0.2, 0) is 10.0 Å². The van der Waals surface area contributed by atoms with Crippen LogP contribution >= 0.6 is 0 Å². The van der Waals surface area contributed by atoms with E-state index < -0.39 is 10.0 Å². The van der Waals surface area contributed by atoms with Gasteiger partial charge in [0.05, 0.1) is 11.1 Å². The highest BCUT2D eigenvalue weighted by Crippen LogP contribution is 2.39. The smallest absolute Gasteiger partial charge is 0.199 e. The van der Waals surface area contributed by atoms with Crippen molar-refractivity contribution >= 4 is 10.0 Å². The highest BCUT2D eigenvalue weighted by atomic mass is 32.2. The van der Waals surface area contributed by atoms with Crippen molar-refractivity contribution in [1.82, 2.24) is 9.19 Å². The van der Waals surface area contributed by atoms with E-state index in [1.165, 1.54) is 0 Å². The van der Waals surface area contributed by atoms with E-state index in [1.54, 1.807) is 36.7 Å². The van der Waals surface area contributed by atoms with E-state index in [0.29, 0.717) is 5.92 Å². The molecule has 0 unspecified atom stereocenters. The average Bonchev–Trinajstić information content (AvgIpc) is 3.07. The fourth-order valence-electron chi connectivity index (χ4n) is 1.89. The Morgan fingerprint density at radius 3 is 2.50 bits per heavy atom. The molecule has 1 aliphatic rings. The highest BCUT2D eigenvalue weighted by Gasteiger charge is 2.27. The standard InChI is InChI=1S/C13H14N2O2S/c1-10-2-6-13(7-3-10)18(16,17)15-9-12(8-14-15)11-4-5-11/h2-3,6-9,11H,4-5H2,1H3. The number of nitrogens with zero attached hydrogens (tertiary/aromatic N) is 2. The Morgan fingerprint density at radius 1 is 1.22 bits per heavy atom. The normalized spacial score (nSPS) is 15.8. The largest absolute Gasteiger partial charge is 0.282 e. The van der Waals surface area contributed by atoms with Gasteiger partial charge in [-0.25, -0.2) is 0 Å². The second-order valence-corrected chi connectivity index (χ2v) is 6.53. The van der Waals surface area contributed by atoms with Gasteiger partial charge in [-0.3, -0.25) is 0 Å². The topological polar surface area (TPSA) is 52.0 Å². The van der Waals surface area contributed by atoms with Crippen LogP contribution in [-0.4, -0.2) is 17.6 Å². The summed E-state index contributed by atoms with van der Waals surface area (Å²) in [4.78, 5) is 0.276. The van der Waals surface area contributed by atoms with Crippen LogP contribution in [0.3, 0.4) is 0 Å². The van der Waals surface area contributed by atoms with Crippen molar-refractivity contribution in [1.29, 1.82) is 0 Å². The van der Waals surface area contributed by atoms with E-state index in [9.17, 15) is 8.42 Å². The number of hydrogen-bond acceptors (Lipinski definition) is 3. The zero-order chi connectivity index (χ0) is 12.8. The van der Waals surface area contributed by atoms with Crippen molar-refractivity contribution < 1.29 is 8.42 Å². The maximum Gasteiger partial charge on any atom is 0.282 e. The Bertz CT molecular complexity index is 667. The Labute approximate surface area is 106 Å². The molecule has 1 heterocycles. The molecule has 1 aromatic carbocycles. The van der Waals surface area contributed by atoms with Crippen LogP contribution in [0.15, 0.2) is 41.6 Å². The molecule has 0 bridgehead atoms. The van der Waals surface area contributed by atoms with Crippen LogP contribution in [0.25, 0.3) is 0 Å². The Hall–Kier alpha value is -1.62. The van der Waals surface area contributed by atoms with Crippen LogP contribution in [0, 0.1) is 6.92 Å². The SMILES string of the molecule is Cc1ccc(S(=O)(=O)n2cc(C3CC3)cn2)cc1. The lowest BCUT2D eigenvalue weighted by atomic mass is 10.2. The summed E-state index contributed by atoms with van der Waals surface area (Å²) in [5, 5.41) is 3.98. The molecule has 1 fully saturated rings. The van der Waals surface area contributed by atoms with Gasteiger partial charge in [0, 0.05) is 6.20 Å². The second kappa shape index (κ2) is 3.95. The summed E-state index contributed by atoms with van der Waals surface area (Å²) in [7, 11) is -3.54. The van der Waals surface area contributed by atoms with Crippen molar-refractivity contribution in [3.05, 3.63) is 47.8 Å². The van der Waals surface area contributed by atoms with Crippen LogP contribution < -0.4 is 0 Å². The lowest BCUT2D eigenvalue weighted by molar-refractivity contribution is 0.580. The molecule has 1 aromatic heterocycles. The summed E-state index contributed by atoms with van der Waals surface area (Å²) in [6.07, 6.45) is 5.56. The minimum atomic E-state index is -3.54. The van der Waals surface area contributed by atoms with E-state index >= 15 is 0 Å². The van der Waals surface area contributed by atoms with E-state index in [1.807, 2.05) is 6.92 Å². The molecule has 94 valence electrons. The van der Waals surface area contributed by atoms with Gasteiger partial charge < -0.3 is 0 Å². The quantitative estimate of drug-likeness (QED) is 0.853. The molecule has 5 heteroatoms.